The molecule has 3 rings (SSSR count). The van der Waals surface area contributed by atoms with Gasteiger partial charge in [-0.15, -0.1) is 0 Å². The molecule has 0 aliphatic carbocycles. The highest BCUT2D eigenvalue weighted by Gasteiger charge is 2.23. The van der Waals surface area contributed by atoms with Crippen molar-refractivity contribution in [2.45, 2.75) is 0 Å². The van der Waals surface area contributed by atoms with Gasteiger partial charge in [-0.05, 0) is 40.6 Å². The highest BCUT2D eigenvalue weighted by atomic mass is 79.9. The maximum absolute atomic E-state index is 12.6. The number of carbonyl (C=O) groups is 1. The lowest BCUT2D eigenvalue weighted by Gasteiger charge is -2.05. The largest absolute Gasteiger partial charge is 0.346 e. The van der Waals surface area contributed by atoms with E-state index in [0.29, 0.717) is 11.1 Å². The van der Waals surface area contributed by atoms with Gasteiger partial charge in [-0.2, -0.15) is 0 Å². The second-order valence-electron chi connectivity index (χ2n) is 5.60. The maximum Gasteiger partial charge on any atom is 0.346 e. The van der Waals surface area contributed by atoms with Crippen molar-refractivity contribution >= 4 is 49.9 Å². The third kappa shape index (κ3) is 3.75. The minimum absolute atomic E-state index is 0.278. The number of ketones is 1. The molecular weight excluding hydrogens is 416 g/mol. The van der Waals surface area contributed by atoms with Crippen molar-refractivity contribution in [2.75, 3.05) is 0 Å². The second-order valence-corrected chi connectivity index (χ2v) is 6.45. The van der Waals surface area contributed by atoms with Crippen LogP contribution in [0, 0.1) is 20.2 Å². The Balaban J connectivity index is 1.97. The highest BCUT2D eigenvalue weighted by Crippen LogP contribution is 2.29. The van der Waals surface area contributed by atoms with E-state index in [2.05, 4.69) is 15.9 Å². The normalized spacial score (nSPS) is 11.0. The number of rotatable bonds is 5. The highest BCUT2D eigenvalue weighted by molar-refractivity contribution is 9.10. The number of nitro benzene ring substituents is 2. The van der Waals surface area contributed by atoms with E-state index < -0.39 is 21.2 Å². The molecule has 0 amide bonds. The lowest BCUT2D eigenvalue weighted by Crippen LogP contribution is -1.97. The number of benzene rings is 3. The Kier molecular flexibility index (Phi) is 5.09. The molecule has 8 heteroatoms. The minimum atomic E-state index is -0.820. The summed E-state index contributed by atoms with van der Waals surface area (Å²) in [6.45, 7) is 0. The van der Waals surface area contributed by atoms with Crippen molar-refractivity contribution in [3.05, 3.63) is 96.5 Å². The van der Waals surface area contributed by atoms with Gasteiger partial charge in [-0.1, -0.05) is 46.3 Å². The number of carbonyl (C=O) groups excluding carboxylic acids is 1. The van der Waals surface area contributed by atoms with Gasteiger partial charge in [0.15, 0.2) is 5.78 Å². The number of halogens is 1. The molecule has 0 bridgehead atoms. The summed E-state index contributed by atoms with van der Waals surface area (Å²) in [5, 5.41) is 23.6. The molecule has 7 nitrogen and oxygen atoms in total. The average Bonchev–Trinajstić information content (AvgIpc) is 2.66. The molecule has 0 unspecified atom stereocenters. The quantitative estimate of drug-likeness (QED) is 0.237. The molecule has 0 aliphatic heterocycles. The van der Waals surface area contributed by atoms with Crippen molar-refractivity contribution in [1.82, 2.24) is 0 Å². The molecule has 3 aromatic rings. The zero-order valence-electron chi connectivity index (χ0n) is 13.7. The first kappa shape index (κ1) is 18.4. The molecule has 134 valence electrons. The van der Waals surface area contributed by atoms with Crippen LogP contribution in [0.1, 0.15) is 15.9 Å². The molecule has 0 saturated carbocycles. The topological polar surface area (TPSA) is 103 Å². The van der Waals surface area contributed by atoms with Gasteiger partial charge in [-0.3, -0.25) is 25.0 Å². The zero-order chi connectivity index (χ0) is 19.6. The first-order valence-electron chi connectivity index (χ1n) is 7.71. The summed E-state index contributed by atoms with van der Waals surface area (Å²) in [7, 11) is 0. The Hall–Kier alpha value is -3.39. The van der Waals surface area contributed by atoms with Crippen LogP contribution in [0.2, 0.25) is 0 Å². The van der Waals surface area contributed by atoms with Crippen LogP contribution in [0.5, 0.6) is 0 Å². The van der Waals surface area contributed by atoms with E-state index in [1.165, 1.54) is 18.2 Å². The monoisotopic (exact) mass is 426 g/mol. The van der Waals surface area contributed by atoms with Gasteiger partial charge in [0.2, 0.25) is 0 Å². The summed E-state index contributed by atoms with van der Waals surface area (Å²) in [6, 6.07) is 14.4. The number of hydrogen-bond donors (Lipinski definition) is 0. The van der Waals surface area contributed by atoms with Crippen molar-refractivity contribution in [1.29, 1.82) is 0 Å². The van der Waals surface area contributed by atoms with Gasteiger partial charge in [0.25, 0.3) is 0 Å². The Bertz CT molecular complexity index is 1120. The molecule has 0 saturated heterocycles. The first-order valence-corrected chi connectivity index (χ1v) is 8.50. The van der Waals surface area contributed by atoms with Gasteiger partial charge in [-0.25, -0.2) is 0 Å². The Labute approximate surface area is 161 Å². The molecule has 0 N–H and O–H groups in total. The molecular formula is C19H11BrN2O5. The fraction of sp³-hybridized carbons (Fsp3) is 0. The van der Waals surface area contributed by atoms with Crippen LogP contribution in [0.3, 0.4) is 0 Å². The van der Waals surface area contributed by atoms with E-state index >= 15 is 0 Å². The lowest BCUT2D eigenvalue weighted by molar-refractivity contribution is -0.422. The fourth-order valence-electron chi connectivity index (χ4n) is 2.68. The molecule has 0 aliphatic rings. The van der Waals surface area contributed by atoms with E-state index in [9.17, 15) is 25.0 Å². The van der Waals surface area contributed by atoms with Crippen LogP contribution in [0.25, 0.3) is 16.8 Å². The van der Waals surface area contributed by atoms with Crippen LogP contribution in [0.4, 0.5) is 11.4 Å². The lowest BCUT2D eigenvalue weighted by atomic mass is 10.0. The average molecular weight is 427 g/mol. The van der Waals surface area contributed by atoms with Crippen LogP contribution in [0.15, 0.2) is 65.1 Å². The van der Waals surface area contributed by atoms with Crippen LogP contribution < -0.4 is 0 Å². The summed E-state index contributed by atoms with van der Waals surface area (Å²) >= 11 is 3.45. The Morgan fingerprint density at radius 3 is 2.22 bits per heavy atom. The number of nitro groups is 2. The predicted molar refractivity (Wildman–Crippen MR) is 105 cm³/mol. The first-order chi connectivity index (χ1) is 12.9. The minimum Gasteiger partial charge on any atom is -0.289 e. The van der Waals surface area contributed by atoms with Gasteiger partial charge >= 0.3 is 11.4 Å². The van der Waals surface area contributed by atoms with Gasteiger partial charge in [0.05, 0.1) is 9.85 Å². The summed E-state index contributed by atoms with van der Waals surface area (Å²) in [5.41, 5.74) is -0.408. The predicted octanol–water partition coefficient (Wildman–Crippen LogP) is 5.31. The molecule has 0 fully saturated rings. The van der Waals surface area contributed by atoms with Crippen LogP contribution >= 0.6 is 15.9 Å². The maximum atomic E-state index is 12.6. The number of hydrogen-bond acceptors (Lipinski definition) is 5. The SMILES string of the molecule is O=C(/C=C\c1ccc([N+](=O)[O-])c([N+](=O)[O-])c1)c1ccc(Br)c2ccccc12. The van der Waals surface area contributed by atoms with Gasteiger partial charge in [0.1, 0.15) is 0 Å². The molecule has 0 radical (unpaired) electrons. The molecule has 27 heavy (non-hydrogen) atoms. The van der Waals surface area contributed by atoms with Crippen LogP contribution in [-0.2, 0) is 0 Å². The summed E-state index contributed by atoms with van der Waals surface area (Å²) < 4.78 is 0.865. The van der Waals surface area contributed by atoms with Gasteiger partial charge < -0.3 is 0 Å². The van der Waals surface area contributed by atoms with Gasteiger partial charge in [0, 0.05) is 22.2 Å². The zero-order valence-corrected chi connectivity index (χ0v) is 15.3. The fourth-order valence-corrected chi connectivity index (χ4v) is 3.16. The van der Waals surface area contributed by atoms with Crippen molar-refractivity contribution in [2.24, 2.45) is 0 Å². The van der Waals surface area contributed by atoms with E-state index in [-0.39, 0.29) is 5.78 Å². The summed E-state index contributed by atoms with van der Waals surface area (Å²) in [4.78, 5) is 32.8. The van der Waals surface area contributed by atoms with E-state index in [1.807, 2.05) is 24.3 Å². The van der Waals surface area contributed by atoms with E-state index in [0.717, 1.165) is 27.4 Å². The van der Waals surface area contributed by atoms with Crippen molar-refractivity contribution in [3.63, 3.8) is 0 Å². The van der Waals surface area contributed by atoms with Crippen LogP contribution in [-0.4, -0.2) is 15.6 Å². The summed E-state index contributed by atoms with van der Waals surface area (Å²) in [5.74, 6) is -0.278. The molecule has 3 aromatic carbocycles. The smallest absolute Gasteiger partial charge is 0.289 e. The number of allylic oxidation sites excluding steroid dienone is 1. The molecule has 0 aromatic heterocycles. The Morgan fingerprint density at radius 2 is 1.56 bits per heavy atom. The number of nitrogens with zero attached hydrogens (tertiary/aromatic N) is 2. The van der Waals surface area contributed by atoms with Crippen molar-refractivity contribution in [3.8, 4) is 0 Å². The number of fused-ring (bicyclic) bond motifs is 1. The van der Waals surface area contributed by atoms with E-state index in [4.69, 9.17) is 0 Å². The second kappa shape index (κ2) is 7.46. The third-order valence-electron chi connectivity index (χ3n) is 3.96. The summed E-state index contributed by atoms with van der Waals surface area (Å²) in [6.07, 6.45) is 2.69. The molecule has 0 spiro atoms. The molecule has 0 atom stereocenters. The standard InChI is InChI=1S/C19H11BrN2O5/c20-16-8-7-15(13-3-1-2-4-14(13)16)19(23)10-6-12-5-9-17(21(24)25)18(11-12)22(26)27/h1-11H/b10-6-. The van der Waals surface area contributed by atoms with Crippen molar-refractivity contribution < 1.29 is 14.6 Å². The van der Waals surface area contributed by atoms with E-state index in [1.54, 1.807) is 12.1 Å². The molecule has 0 heterocycles. The Morgan fingerprint density at radius 1 is 0.889 bits per heavy atom. The third-order valence-corrected chi connectivity index (χ3v) is 4.65.